The summed E-state index contributed by atoms with van der Waals surface area (Å²) in [5.41, 5.74) is 0. The van der Waals surface area contributed by atoms with E-state index in [1.165, 1.54) is 0 Å². The average Bonchev–Trinajstić information content (AvgIpc) is 2.69. The number of alkyl halides is 6. The molecule has 0 aromatic carbocycles. The normalized spacial score (nSPS) is 15.0. The molecule has 2 atom stereocenters. The summed E-state index contributed by atoms with van der Waals surface area (Å²) in [5, 5.41) is 35.7. The highest BCUT2D eigenvalue weighted by molar-refractivity contribution is 4.59. The van der Waals surface area contributed by atoms with Crippen LogP contribution in [0.2, 0.25) is 0 Å². The summed E-state index contributed by atoms with van der Waals surface area (Å²) in [5.74, 6) is 0. The third-order valence-corrected chi connectivity index (χ3v) is 3.16. The average molecular weight is 524 g/mol. The van der Waals surface area contributed by atoms with Crippen molar-refractivity contribution in [2.45, 2.75) is 30.7 Å². The van der Waals surface area contributed by atoms with Gasteiger partial charge < -0.3 is 44.1 Å². The van der Waals surface area contributed by atoms with Gasteiger partial charge in [-0.25, -0.2) is 9.47 Å². The molecule has 206 valence electrons. The fourth-order valence-corrected chi connectivity index (χ4v) is 1.93. The van der Waals surface area contributed by atoms with Crippen molar-refractivity contribution in [2.24, 2.45) is 0 Å². The van der Waals surface area contributed by atoms with E-state index in [4.69, 9.17) is 19.7 Å². The number of hydrogen-bond donors (Lipinski definition) is 4. The molecule has 0 heterocycles. The Labute approximate surface area is 191 Å². The summed E-state index contributed by atoms with van der Waals surface area (Å²) in [4.78, 5) is 0. The molecule has 4 N–H and O–H groups in total. The number of ether oxygens (including phenoxy) is 7. The summed E-state index contributed by atoms with van der Waals surface area (Å²) < 4.78 is 109. The molecule has 11 nitrogen and oxygen atoms in total. The van der Waals surface area contributed by atoms with Gasteiger partial charge in [0.05, 0.1) is 66.1 Å². The molecule has 0 aliphatic rings. The highest BCUT2D eigenvalue weighted by atomic mass is 19.3. The largest absolute Gasteiger partial charge is 0.495 e. The Hall–Kier alpha value is -0.860. The first kappa shape index (κ1) is 33.1. The van der Waals surface area contributed by atoms with E-state index in [1.807, 2.05) is 0 Å². The Morgan fingerprint density at radius 3 is 1.32 bits per heavy atom. The van der Waals surface area contributed by atoms with E-state index in [9.17, 15) is 36.6 Å². The molecule has 0 saturated heterocycles. The third-order valence-electron chi connectivity index (χ3n) is 3.16. The van der Waals surface area contributed by atoms with Gasteiger partial charge in [0, 0.05) is 0 Å². The van der Waals surface area contributed by atoms with Gasteiger partial charge in [-0.15, -0.1) is 8.78 Å². The van der Waals surface area contributed by atoms with Crippen molar-refractivity contribution >= 4 is 0 Å². The third kappa shape index (κ3) is 19.4. The Kier molecular flexibility index (Phi) is 17.1. The minimum atomic E-state index is -5.43. The molecule has 0 aliphatic heterocycles. The van der Waals surface area contributed by atoms with E-state index in [0.717, 1.165) is 0 Å². The summed E-state index contributed by atoms with van der Waals surface area (Å²) in [6.07, 6.45) is -17.4. The van der Waals surface area contributed by atoms with Crippen molar-refractivity contribution in [3.05, 3.63) is 0 Å². The lowest BCUT2D eigenvalue weighted by atomic mass is 10.4. The van der Waals surface area contributed by atoms with E-state index >= 15 is 0 Å². The lowest BCUT2D eigenvalue weighted by molar-refractivity contribution is -0.518. The molecular formula is C17H30F6O11. The smallest absolute Gasteiger partial charge is 0.394 e. The van der Waals surface area contributed by atoms with Gasteiger partial charge in [-0.1, -0.05) is 0 Å². The Bertz CT molecular complexity index is 505. The first-order valence-electron chi connectivity index (χ1n) is 9.83. The molecule has 0 spiro atoms. The van der Waals surface area contributed by atoms with Gasteiger partial charge in [-0.05, 0) is 0 Å². The maximum Gasteiger partial charge on any atom is 0.495 e. The van der Waals surface area contributed by atoms with E-state index in [1.54, 1.807) is 0 Å². The van der Waals surface area contributed by atoms with Gasteiger partial charge >= 0.3 is 18.5 Å². The second-order valence-corrected chi connectivity index (χ2v) is 6.49. The van der Waals surface area contributed by atoms with E-state index in [2.05, 4.69) is 23.7 Å². The molecule has 34 heavy (non-hydrogen) atoms. The topological polar surface area (TPSA) is 146 Å². The van der Waals surface area contributed by atoms with E-state index in [-0.39, 0.29) is 46.2 Å². The lowest BCUT2D eigenvalue weighted by Gasteiger charge is -2.26. The zero-order valence-corrected chi connectivity index (χ0v) is 18.1. The Morgan fingerprint density at radius 1 is 0.529 bits per heavy atom. The van der Waals surface area contributed by atoms with Crippen LogP contribution in [0.15, 0.2) is 0 Å². The zero-order valence-electron chi connectivity index (χ0n) is 18.1. The van der Waals surface area contributed by atoms with Crippen LogP contribution >= 0.6 is 0 Å². The van der Waals surface area contributed by atoms with E-state index < -0.39 is 63.8 Å². The Balaban J connectivity index is 4.17. The molecule has 0 amide bonds. The predicted molar refractivity (Wildman–Crippen MR) is 97.3 cm³/mol. The zero-order chi connectivity index (χ0) is 26.1. The highest BCUT2D eigenvalue weighted by Gasteiger charge is 2.52. The van der Waals surface area contributed by atoms with Gasteiger partial charge in [0.15, 0.2) is 0 Å². The predicted octanol–water partition coefficient (Wildman–Crippen LogP) is -0.455. The molecule has 2 unspecified atom stereocenters. The van der Waals surface area contributed by atoms with Crippen LogP contribution in [0.5, 0.6) is 0 Å². The van der Waals surface area contributed by atoms with Crippen LogP contribution in [0.1, 0.15) is 0 Å². The van der Waals surface area contributed by atoms with E-state index in [0.29, 0.717) is 0 Å². The van der Waals surface area contributed by atoms with Crippen molar-refractivity contribution in [1.29, 1.82) is 0 Å². The SMILES string of the molecule is OCCOCC(O)COCCOCC(F)(F)OC(F)(F)OC(F)(F)COCC(O)COCCO. The molecule has 0 bridgehead atoms. The fraction of sp³-hybridized carbons (Fsp3) is 1.00. The summed E-state index contributed by atoms with van der Waals surface area (Å²) in [6, 6.07) is 0. The highest BCUT2D eigenvalue weighted by Crippen LogP contribution is 2.33. The van der Waals surface area contributed by atoms with Crippen LogP contribution in [0.3, 0.4) is 0 Å². The monoisotopic (exact) mass is 524 g/mol. The first-order chi connectivity index (χ1) is 15.8. The van der Waals surface area contributed by atoms with Crippen LogP contribution in [0.25, 0.3) is 0 Å². The van der Waals surface area contributed by atoms with Crippen molar-refractivity contribution in [3.8, 4) is 0 Å². The van der Waals surface area contributed by atoms with Crippen LogP contribution in [-0.4, -0.2) is 130 Å². The van der Waals surface area contributed by atoms with Gasteiger partial charge in [0.2, 0.25) is 0 Å². The van der Waals surface area contributed by atoms with Gasteiger partial charge in [0.1, 0.15) is 25.4 Å². The number of aliphatic hydroxyl groups excluding tert-OH is 4. The van der Waals surface area contributed by atoms with Crippen LogP contribution in [-0.2, 0) is 33.2 Å². The number of halogens is 6. The second-order valence-electron chi connectivity index (χ2n) is 6.49. The van der Waals surface area contributed by atoms with Crippen molar-refractivity contribution in [1.82, 2.24) is 0 Å². The Morgan fingerprint density at radius 2 is 0.882 bits per heavy atom. The standard InChI is InChI=1S/C17H30F6O11/c18-15(19,11-31-6-5-30-9-13(26)7-28-3-1-24)33-17(22,23)34-16(20,21)12-32-10-14(27)8-29-4-2-25/h13-14,24-27H,1-12H2. The van der Waals surface area contributed by atoms with Crippen LogP contribution < -0.4 is 0 Å². The number of aliphatic hydroxyl groups is 4. The summed E-state index contributed by atoms with van der Waals surface area (Å²) >= 11 is 0. The molecule has 0 aromatic rings. The maximum absolute atomic E-state index is 13.4. The van der Waals surface area contributed by atoms with Crippen molar-refractivity contribution in [3.63, 3.8) is 0 Å². The number of hydrogen-bond acceptors (Lipinski definition) is 11. The molecule has 0 radical (unpaired) electrons. The minimum Gasteiger partial charge on any atom is -0.394 e. The quantitative estimate of drug-likeness (QED) is 0.0783. The number of rotatable bonds is 23. The molecule has 0 saturated carbocycles. The van der Waals surface area contributed by atoms with Gasteiger partial charge in [-0.2, -0.15) is 17.6 Å². The lowest BCUT2D eigenvalue weighted by Crippen LogP contribution is -2.44. The minimum absolute atomic E-state index is 0.00671. The van der Waals surface area contributed by atoms with Crippen LogP contribution in [0.4, 0.5) is 26.3 Å². The molecule has 0 aliphatic carbocycles. The molecule has 0 aromatic heterocycles. The molecule has 0 rings (SSSR count). The van der Waals surface area contributed by atoms with Gasteiger partial charge in [0.25, 0.3) is 0 Å². The molecule has 0 fully saturated rings. The van der Waals surface area contributed by atoms with Crippen LogP contribution in [0, 0.1) is 0 Å². The maximum atomic E-state index is 13.4. The first-order valence-corrected chi connectivity index (χ1v) is 9.83. The van der Waals surface area contributed by atoms with Crippen molar-refractivity contribution in [2.75, 3.05) is 79.3 Å². The van der Waals surface area contributed by atoms with Crippen molar-refractivity contribution < 1.29 is 79.9 Å². The molecule has 17 heteroatoms. The summed E-state index contributed by atoms with van der Waals surface area (Å²) in [6.45, 7) is -6.80. The molecular weight excluding hydrogens is 494 g/mol. The second kappa shape index (κ2) is 17.6. The van der Waals surface area contributed by atoms with Gasteiger partial charge in [-0.3, -0.25) is 0 Å². The fourth-order valence-electron chi connectivity index (χ4n) is 1.93. The summed E-state index contributed by atoms with van der Waals surface area (Å²) in [7, 11) is 0.